The van der Waals surface area contributed by atoms with E-state index in [1.54, 1.807) is 9.36 Å². The van der Waals surface area contributed by atoms with Gasteiger partial charge in [-0.1, -0.05) is 154 Å². The van der Waals surface area contributed by atoms with Crippen LogP contribution in [0.5, 0.6) is 0 Å². The maximum atomic E-state index is 10.4. The highest BCUT2D eigenvalue weighted by atomic mass is 35.5. The van der Waals surface area contributed by atoms with Gasteiger partial charge < -0.3 is 9.84 Å². The third-order valence-electron chi connectivity index (χ3n) is 8.54. The Labute approximate surface area is 330 Å². The molecular weight excluding hydrogens is 760 g/mol. The maximum Gasteiger partial charge on any atom is 0.242 e. The molecule has 0 aliphatic carbocycles. The Morgan fingerprint density at radius 3 is 1.96 bits per heavy atom. The molecule has 2 atom stereocenters. The third-order valence-corrected chi connectivity index (χ3v) is 10.6. The lowest BCUT2D eigenvalue weighted by atomic mass is 10.1. The van der Waals surface area contributed by atoms with Crippen molar-refractivity contribution in [1.29, 1.82) is 0 Å². The standard InChI is InChI=1S/C20H17ClN4OS.C11H8N4S.C9H9ClO/c21-18-10-4-2-7-15(18)12-16(26)13-27-20-22-23-24-25(20)19-11-5-8-14-6-1-3-9-17(14)19;16-11-12-13-14-15(11)10-7-3-5-8-4-1-2-6-9(8)10;10-9-4-2-1-3-7(9)5-8-6-11-8/h1-11,16,26H,12-13H2;1-7H,(H,12,14,16);1-4,8H,5-6H2. The number of ether oxygens (including phenoxy) is 1. The number of aliphatic hydroxyl groups excluding tert-OH is 1. The maximum absolute atomic E-state index is 10.4. The fourth-order valence-corrected chi connectivity index (χ4v) is 7.23. The molecule has 1 aliphatic heterocycles. The van der Waals surface area contributed by atoms with Crippen molar-refractivity contribution in [2.45, 2.75) is 30.2 Å². The summed E-state index contributed by atoms with van der Waals surface area (Å²) in [6.45, 7) is 0.894. The van der Waals surface area contributed by atoms with E-state index in [9.17, 15) is 5.11 Å². The summed E-state index contributed by atoms with van der Waals surface area (Å²) in [7, 11) is 0. The summed E-state index contributed by atoms with van der Waals surface area (Å²) >= 11 is 18.6. The molecule has 10 nitrogen and oxygen atoms in total. The zero-order chi connectivity index (χ0) is 37.3. The number of aliphatic hydroxyl groups is 1. The smallest absolute Gasteiger partial charge is 0.242 e. The number of H-pyrrole nitrogens is 1. The van der Waals surface area contributed by atoms with E-state index in [0.717, 1.165) is 56.5 Å². The monoisotopic (exact) mass is 792 g/mol. The molecule has 54 heavy (non-hydrogen) atoms. The van der Waals surface area contributed by atoms with Crippen molar-refractivity contribution >= 4 is 68.7 Å². The van der Waals surface area contributed by atoms with E-state index in [1.807, 2.05) is 109 Å². The van der Waals surface area contributed by atoms with Gasteiger partial charge in [0, 0.05) is 39.4 Å². The van der Waals surface area contributed by atoms with Crippen molar-refractivity contribution in [2.24, 2.45) is 0 Å². The first-order chi connectivity index (χ1) is 26.4. The van der Waals surface area contributed by atoms with Gasteiger partial charge in [0.1, 0.15) is 0 Å². The van der Waals surface area contributed by atoms with Gasteiger partial charge in [0.05, 0.1) is 30.2 Å². The number of rotatable bonds is 9. The highest BCUT2D eigenvalue weighted by Gasteiger charge is 2.23. The van der Waals surface area contributed by atoms with Gasteiger partial charge in [-0.05, 0) is 68.8 Å². The second-order valence-electron chi connectivity index (χ2n) is 12.3. The lowest BCUT2D eigenvalue weighted by molar-refractivity contribution is 0.200. The third kappa shape index (κ3) is 9.40. The molecule has 9 rings (SSSR count). The summed E-state index contributed by atoms with van der Waals surface area (Å²) in [5.74, 6) is 0.469. The number of aromatic nitrogens is 8. The van der Waals surface area contributed by atoms with Gasteiger partial charge >= 0.3 is 0 Å². The van der Waals surface area contributed by atoms with E-state index in [2.05, 4.69) is 55.3 Å². The molecule has 0 spiro atoms. The van der Waals surface area contributed by atoms with Crippen molar-refractivity contribution in [3.05, 3.63) is 159 Å². The highest BCUT2D eigenvalue weighted by Crippen LogP contribution is 2.27. The zero-order valence-corrected chi connectivity index (χ0v) is 31.9. The van der Waals surface area contributed by atoms with E-state index in [1.165, 1.54) is 17.3 Å². The second-order valence-corrected chi connectivity index (χ2v) is 14.5. The van der Waals surface area contributed by atoms with Crippen LogP contribution in [0, 0.1) is 4.77 Å². The van der Waals surface area contributed by atoms with E-state index in [-0.39, 0.29) is 0 Å². The largest absolute Gasteiger partial charge is 0.392 e. The Morgan fingerprint density at radius 1 is 0.759 bits per heavy atom. The molecule has 8 aromatic rings. The van der Waals surface area contributed by atoms with Crippen LogP contribution in [0.4, 0.5) is 0 Å². The van der Waals surface area contributed by atoms with Gasteiger partial charge in [-0.3, -0.25) is 0 Å². The summed E-state index contributed by atoms with van der Waals surface area (Å²) in [5, 5.41) is 39.4. The summed E-state index contributed by atoms with van der Waals surface area (Å²) < 4.78 is 8.95. The highest BCUT2D eigenvalue weighted by molar-refractivity contribution is 7.99. The van der Waals surface area contributed by atoms with Gasteiger partial charge in [-0.15, -0.1) is 5.10 Å². The molecule has 272 valence electrons. The number of tetrazole rings is 2. The Kier molecular flexibility index (Phi) is 12.4. The SMILES string of the molecule is Clc1ccccc1CC1CO1.OC(CSc1nnnn1-c1cccc2ccccc12)Cc1ccccc1Cl.S=c1nn[nH]n1-c1cccc2ccccc12. The van der Waals surface area contributed by atoms with Crippen LogP contribution in [0.15, 0.2) is 139 Å². The minimum atomic E-state index is -0.549. The molecule has 3 heterocycles. The van der Waals surface area contributed by atoms with Gasteiger partial charge in [-0.2, -0.15) is 9.90 Å². The number of hydrogen-bond acceptors (Lipinski definition) is 9. The van der Waals surface area contributed by atoms with Crippen LogP contribution < -0.4 is 0 Å². The fraction of sp³-hybridized carbons (Fsp3) is 0.150. The van der Waals surface area contributed by atoms with Crippen molar-refractivity contribution < 1.29 is 9.84 Å². The van der Waals surface area contributed by atoms with Crippen LogP contribution in [-0.4, -0.2) is 70.1 Å². The molecule has 1 saturated heterocycles. The first-order valence-electron chi connectivity index (χ1n) is 17.1. The number of fused-ring (bicyclic) bond motifs is 2. The number of aromatic amines is 1. The fourth-order valence-electron chi connectivity index (χ4n) is 5.81. The van der Waals surface area contributed by atoms with Crippen molar-refractivity contribution in [1.82, 2.24) is 40.4 Å². The lowest BCUT2D eigenvalue weighted by Crippen LogP contribution is -2.14. The van der Waals surface area contributed by atoms with Gasteiger partial charge in [0.25, 0.3) is 0 Å². The van der Waals surface area contributed by atoms with Crippen molar-refractivity contribution in [3.63, 3.8) is 0 Å². The first-order valence-corrected chi connectivity index (χ1v) is 19.2. The van der Waals surface area contributed by atoms with Gasteiger partial charge in [-0.25, -0.2) is 4.68 Å². The van der Waals surface area contributed by atoms with Crippen LogP contribution in [-0.2, 0) is 17.6 Å². The molecule has 2 unspecified atom stereocenters. The Bertz CT molecular complexity index is 2530. The average molecular weight is 794 g/mol. The van der Waals surface area contributed by atoms with Crippen LogP contribution in [0.25, 0.3) is 32.9 Å². The molecule has 6 aromatic carbocycles. The van der Waals surface area contributed by atoms with Crippen LogP contribution in [0.3, 0.4) is 0 Å². The molecule has 0 saturated carbocycles. The normalized spacial score (nSPS) is 13.8. The number of thioether (sulfide) groups is 1. The van der Waals surface area contributed by atoms with Gasteiger partial charge in [0.2, 0.25) is 9.93 Å². The molecule has 14 heteroatoms. The Morgan fingerprint density at radius 2 is 1.33 bits per heavy atom. The minimum absolute atomic E-state index is 0.426. The molecule has 1 fully saturated rings. The summed E-state index contributed by atoms with van der Waals surface area (Å²) in [6.07, 6.45) is 1.32. The zero-order valence-electron chi connectivity index (χ0n) is 28.7. The summed E-state index contributed by atoms with van der Waals surface area (Å²) in [5.41, 5.74) is 4.01. The van der Waals surface area contributed by atoms with Crippen LogP contribution in [0.1, 0.15) is 11.1 Å². The number of nitrogens with zero attached hydrogens (tertiary/aromatic N) is 7. The number of epoxide rings is 1. The topological polar surface area (TPSA) is 123 Å². The number of hydrogen-bond donors (Lipinski definition) is 2. The van der Waals surface area contributed by atoms with Crippen LogP contribution in [0.2, 0.25) is 10.0 Å². The van der Waals surface area contributed by atoms with Gasteiger partial charge in [0.15, 0.2) is 0 Å². The van der Waals surface area contributed by atoms with Crippen molar-refractivity contribution in [3.8, 4) is 11.4 Å². The molecule has 0 amide bonds. The first kappa shape index (κ1) is 37.4. The number of benzene rings is 6. The predicted octanol–water partition coefficient (Wildman–Crippen LogP) is 8.92. The molecule has 0 bridgehead atoms. The molecular formula is C40H34Cl2N8O2S2. The molecule has 1 aliphatic rings. The van der Waals surface area contributed by atoms with E-state index < -0.39 is 6.10 Å². The quantitative estimate of drug-likeness (QED) is 0.0838. The van der Waals surface area contributed by atoms with Crippen molar-refractivity contribution in [2.75, 3.05) is 12.4 Å². The van der Waals surface area contributed by atoms with E-state index >= 15 is 0 Å². The molecule has 2 N–H and O–H groups in total. The molecule has 2 aromatic heterocycles. The predicted molar refractivity (Wildman–Crippen MR) is 217 cm³/mol. The number of nitrogens with one attached hydrogen (secondary N) is 1. The molecule has 0 radical (unpaired) electrons. The average Bonchev–Trinajstić information content (AvgIpc) is 3.72. The number of halogens is 2. The summed E-state index contributed by atoms with van der Waals surface area (Å²) in [6, 6.07) is 43.8. The lowest BCUT2D eigenvalue weighted by Gasteiger charge is -2.12. The minimum Gasteiger partial charge on any atom is -0.392 e. The van der Waals surface area contributed by atoms with Crippen LogP contribution >= 0.6 is 47.2 Å². The Balaban J connectivity index is 0.000000140. The van der Waals surface area contributed by atoms with E-state index in [0.29, 0.717) is 33.2 Å². The summed E-state index contributed by atoms with van der Waals surface area (Å²) in [4.78, 5) is 0. The second kappa shape index (κ2) is 17.9. The Hall–Kier alpha value is -4.95. The van der Waals surface area contributed by atoms with E-state index in [4.69, 9.17) is 40.2 Å².